The van der Waals surface area contributed by atoms with Gasteiger partial charge >= 0.3 is 5.97 Å². The second-order valence-electron chi connectivity index (χ2n) is 5.97. The number of carbonyl (C=O) groups is 1. The first kappa shape index (κ1) is 11.2. The van der Waals surface area contributed by atoms with Gasteiger partial charge in [0.05, 0.1) is 6.61 Å². The second kappa shape index (κ2) is 6.16. The van der Waals surface area contributed by atoms with Crippen molar-refractivity contribution in [2.45, 2.75) is 49.8 Å². The van der Waals surface area contributed by atoms with Crippen molar-refractivity contribution in [3.05, 3.63) is 35.9 Å². The van der Waals surface area contributed by atoms with Gasteiger partial charge in [-0.1, -0.05) is 30.3 Å². The maximum atomic E-state index is 12.4. The van der Waals surface area contributed by atoms with Crippen molar-refractivity contribution in [2.75, 3.05) is 13.6 Å². The smallest absolute Gasteiger partial charge is 0.316 e. The second-order valence-corrected chi connectivity index (χ2v) is 5.97. The van der Waals surface area contributed by atoms with Gasteiger partial charge in [0.1, 0.15) is 12.0 Å². The van der Waals surface area contributed by atoms with Crippen LogP contribution in [0.3, 0.4) is 0 Å². The first-order valence-corrected chi connectivity index (χ1v) is 7.55. The minimum atomic E-state index is -2.08. The van der Waals surface area contributed by atoms with E-state index in [2.05, 4.69) is 0 Å². The van der Waals surface area contributed by atoms with E-state index in [9.17, 15) is 9.90 Å². The average molecular weight is 292 g/mol. The van der Waals surface area contributed by atoms with E-state index in [1.807, 2.05) is 18.2 Å². The Balaban J connectivity index is 1.64. The van der Waals surface area contributed by atoms with Crippen LogP contribution in [-0.2, 0) is 9.53 Å². The van der Waals surface area contributed by atoms with Crippen LogP contribution in [-0.4, -0.2) is 47.7 Å². The normalized spacial score (nSPS) is 32.8. The Morgan fingerprint density at radius 3 is 2.62 bits per heavy atom. The summed E-state index contributed by atoms with van der Waals surface area (Å²) in [6, 6.07) is 8.97. The van der Waals surface area contributed by atoms with Crippen LogP contribution in [0, 0.1) is 0 Å². The number of fused-ring (bicyclic) bond motifs is 2. The molecule has 2 fully saturated rings. The standard InChI is InChI=1S/C17H23NO3/c1-18-13-7-8-14(18)10-15(9-13)21-17(20)16(11-19)12-5-3-2-4-6-12/h2-6,13-16,19H,7-11H2,1H3/t13-,14+,15?,16-/m0/s1/i1D3. The van der Waals surface area contributed by atoms with Gasteiger partial charge in [0.25, 0.3) is 0 Å². The molecule has 21 heavy (non-hydrogen) atoms. The van der Waals surface area contributed by atoms with Crippen molar-refractivity contribution in [1.82, 2.24) is 4.90 Å². The Bertz CT molecular complexity index is 564. The molecule has 0 aliphatic carbocycles. The van der Waals surface area contributed by atoms with Gasteiger partial charge in [0.15, 0.2) is 0 Å². The molecule has 2 aliphatic heterocycles. The highest BCUT2D eigenvalue weighted by Crippen LogP contribution is 2.36. The molecule has 4 atom stereocenters. The minimum Gasteiger partial charge on any atom is -0.462 e. The van der Waals surface area contributed by atoms with Crippen LogP contribution in [0.15, 0.2) is 30.3 Å². The summed E-state index contributed by atoms with van der Waals surface area (Å²) in [7, 11) is 0. The van der Waals surface area contributed by atoms with Crippen LogP contribution in [0.2, 0.25) is 0 Å². The summed E-state index contributed by atoms with van der Waals surface area (Å²) >= 11 is 0. The number of piperidine rings is 1. The molecule has 1 aromatic carbocycles. The lowest BCUT2D eigenvalue weighted by Gasteiger charge is -2.36. The third-order valence-electron chi connectivity index (χ3n) is 4.64. The lowest BCUT2D eigenvalue weighted by atomic mass is 9.98. The molecule has 2 heterocycles. The number of aliphatic hydroxyl groups is 1. The summed E-state index contributed by atoms with van der Waals surface area (Å²) in [6.45, 7) is -2.39. The van der Waals surface area contributed by atoms with Crippen LogP contribution in [0.1, 0.15) is 41.3 Å². The fourth-order valence-electron chi connectivity index (χ4n) is 3.47. The molecule has 1 aromatic rings. The van der Waals surface area contributed by atoms with Crippen LogP contribution >= 0.6 is 0 Å². The zero-order valence-corrected chi connectivity index (χ0v) is 11.9. The van der Waals surface area contributed by atoms with Crippen molar-refractivity contribution in [3.8, 4) is 0 Å². The molecule has 2 aliphatic rings. The molecule has 0 aromatic heterocycles. The van der Waals surface area contributed by atoms with Gasteiger partial charge in [-0.25, -0.2) is 0 Å². The number of nitrogens with zero attached hydrogens (tertiary/aromatic N) is 1. The van der Waals surface area contributed by atoms with E-state index >= 15 is 0 Å². The van der Waals surface area contributed by atoms with Crippen LogP contribution in [0.4, 0.5) is 0 Å². The summed E-state index contributed by atoms with van der Waals surface area (Å²) in [5.74, 6) is -1.13. The van der Waals surface area contributed by atoms with E-state index in [1.165, 1.54) is 0 Å². The first-order chi connectivity index (χ1) is 11.4. The zero-order valence-electron chi connectivity index (χ0n) is 14.9. The van der Waals surface area contributed by atoms with Gasteiger partial charge in [-0.05, 0) is 38.2 Å². The maximum Gasteiger partial charge on any atom is 0.316 e. The van der Waals surface area contributed by atoms with Crippen molar-refractivity contribution in [2.24, 2.45) is 0 Å². The summed E-state index contributed by atoms with van der Waals surface area (Å²) in [5, 5.41) is 9.56. The number of carbonyl (C=O) groups excluding carboxylic acids is 1. The number of aliphatic hydroxyl groups excluding tert-OH is 1. The highest BCUT2D eigenvalue weighted by atomic mass is 16.5. The molecular weight excluding hydrogens is 266 g/mol. The van der Waals surface area contributed by atoms with E-state index < -0.39 is 18.9 Å². The molecule has 114 valence electrons. The molecule has 1 N–H and O–H groups in total. The van der Waals surface area contributed by atoms with E-state index in [1.54, 1.807) is 17.0 Å². The molecule has 0 spiro atoms. The van der Waals surface area contributed by atoms with Crippen LogP contribution in [0.25, 0.3) is 0 Å². The number of rotatable bonds is 4. The van der Waals surface area contributed by atoms with E-state index in [0.717, 1.165) is 18.4 Å². The first-order valence-electron chi connectivity index (χ1n) is 9.05. The van der Waals surface area contributed by atoms with Crippen molar-refractivity contribution < 1.29 is 18.8 Å². The third kappa shape index (κ3) is 2.97. The highest BCUT2D eigenvalue weighted by Gasteiger charge is 2.40. The predicted octanol–water partition coefficient (Wildman–Crippen LogP) is 1.93. The molecule has 2 saturated heterocycles. The van der Waals surface area contributed by atoms with E-state index in [-0.39, 0.29) is 24.8 Å². The number of hydrogen-bond donors (Lipinski definition) is 1. The highest BCUT2D eigenvalue weighted by molar-refractivity contribution is 5.78. The molecule has 0 amide bonds. The zero-order chi connectivity index (χ0) is 17.3. The molecular formula is C17H23NO3. The molecule has 4 heteroatoms. The Kier molecular flexibility index (Phi) is 3.29. The number of benzene rings is 1. The summed E-state index contributed by atoms with van der Waals surface area (Å²) in [4.78, 5) is 14.1. The monoisotopic (exact) mass is 292 g/mol. The van der Waals surface area contributed by atoms with E-state index in [0.29, 0.717) is 12.8 Å². The summed E-state index contributed by atoms with van der Waals surface area (Å²) < 4.78 is 28.6. The van der Waals surface area contributed by atoms with Gasteiger partial charge in [-0.2, -0.15) is 0 Å². The molecule has 3 rings (SSSR count). The number of esters is 1. The fraction of sp³-hybridized carbons (Fsp3) is 0.588. The van der Waals surface area contributed by atoms with Crippen molar-refractivity contribution in [3.63, 3.8) is 0 Å². The van der Waals surface area contributed by atoms with Crippen LogP contribution < -0.4 is 0 Å². The fourth-order valence-corrected chi connectivity index (χ4v) is 3.47. The lowest BCUT2D eigenvalue weighted by molar-refractivity contribution is -0.155. The summed E-state index contributed by atoms with van der Waals surface area (Å²) in [6.07, 6.45) is 2.49. The average Bonchev–Trinajstić information content (AvgIpc) is 2.82. The number of hydrogen-bond acceptors (Lipinski definition) is 4. The maximum absolute atomic E-state index is 12.4. The van der Waals surface area contributed by atoms with Gasteiger partial charge in [0, 0.05) is 16.2 Å². The Morgan fingerprint density at radius 2 is 2.05 bits per heavy atom. The SMILES string of the molecule is [2H]C([2H])([2H])N1[C@@H]2CC[C@H]1CC(OC(=O)[C@@H](CO)c1ccccc1)C2. The molecule has 1 unspecified atom stereocenters. The van der Waals surface area contributed by atoms with Crippen molar-refractivity contribution in [1.29, 1.82) is 0 Å². The molecule has 0 radical (unpaired) electrons. The van der Waals surface area contributed by atoms with Crippen molar-refractivity contribution >= 4 is 5.97 Å². The van der Waals surface area contributed by atoms with Gasteiger partial charge in [-0.3, -0.25) is 4.79 Å². The lowest BCUT2D eigenvalue weighted by Crippen LogP contribution is -2.43. The van der Waals surface area contributed by atoms with Crippen LogP contribution in [0.5, 0.6) is 0 Å². The summed E-state index contributed by atoms with van der Waals surface area (Å²) in [5.41, 5.74) is 0.730. The minimum absolute atomic E-state index is 0.0571. The van der Waals surface area contributed by atoms with Gasteiger partial charge in [-0.15, -0.1) is 0 Å². The topological polar surface area (TPSA) is 49.8 Å². The Hall–Kier alpha value is -1.39. The number of ether oxygens (including phenoxy) is 1. The van der Waals surface area contributed by atoms with Gasteiger partial charge < -0.3 is 14.7 Å². The molecule has 0 saturated carbocycles. The third-order valence-corrected chi connectivity index (χ3v) is 4.64. The Morgan fingerprint density at radius 1 is 1.38 bits per heavy atom. The van der Waals surface area contributed by atoms with E-state index in [4.69, 9.17) is 8.85 Å². The largest absolute Gasteiger partial charge is 0.462 e. The molecule has 4 nitrogen and oxygen atoms in total. The quantitative estimate of drug-likeness (QED) is 0.862. The Labute approximate surface area is 129 Å². The molecule has 2 bridgehead atoms. The predicted molar refractivity (Wildman–Crippen MR) is 80.0 cm³/mol. The van der Waals surface area contributed by atoms with Gasteiger partial charge in [0.2, 0.25) is 0 Å².